The number of hydrogen-bond donors (Lipinski definition) is 1. The molecule has 1 fully saturated rings. The first-order chi connectivity index (χ1) is 9.24. The summed E-state index contributed by atoms with van der Waals surface area (Å²) in [6.45, 7) is 4.94. The van der Waals surface area contributed by atoms with Crippen LogP contribution in [-0.4, -0.2) is 50.8 Å². The molecule has 19 heavy (non-hydrogen) atoms. The molecule has 1 aliphatic rings. The Balaban J connectivity index is 1.63. The topological polar surface area (TPSA) is 24.5 Å². The normalized spacial score (nSPS) is 19.8. The van der Waals surface area contributed by atoms with Crippen molar-refractivity contribution in [3.8, 4) is 0 Å². The molecule has 0 amide bonds. The highest BCUT2D eigenvalue weighted by Crippen LogP contribution is 2.11. The first-order valence-electron chi connectivity index (χ1n) is 6.98. The molecule has 1 heterocycles. The SMILES string of the molecule is CN(CCc1ccc(Br)cc1)CCC1COCCN1. The van der Waals surface area contributed by atoms with Gasteiger partial charge in [0.1, 0.15) is 0 Å². The predicted molar refractivity (Wildman–Crippen MR) is 82.6 cm³/mol. The summed E-state index contributed by atoms with van der Waals surface area (Å²) in [5.74, 6) is 0. The highest BCUT2D eigenvalue weighted by atomic mass is 79.9. The molecular formula is C15H23BrN2O. The van der Waals surface area contributed by atoms with E-state index in [9.17, 15) is 0 Å². The molecule has 0 bridgehead atoms. The van der Waals surface area contributed by atoms with Gasteiger partial charge in [-0.25, -0.2) is 0 Å². The van der Waals surface area contributed by atoms with E-state index >= 15 is 0 Å². The first-order valence-corrected chi connectivity index (χ1v) is 7.77. The Labute approximate surface area is 124 Å². The minimum absolute atomic E-state index is 0.531. The van der Waals surface area contributed by atoms with E-state index in [4.69, 9.17) is 4.74 Å². The summed E-state index contributed by atoms with van der Waals surface area (Å²) in [7, 11) is 2.20. The molecule has 0 aliphatic carbocycles. The van der Waals surface area contributed by atoms with Crippen molar-refractivity contribution in [3.63, 3.8) is 0 Å². The number of likely N-dealkylation sites (N-methyl/N-ethyl adjacent to an activating group) is 1. The van der Waals surface area contributed by atoms with Crippen molar-refractivity contribution in [2.24, 2.45) is 0 Å². The van der Waals surface area contributed by atoms with Gasteiger partial charge in [0.05, 0.1) is 13.2 Å². The lowest BCUT2D eigenvalue weighted by Gasteiger charge is -2.26. The Morgan fingerprint density at radius 2 is 2.11 bits per heavy atom. The molecule has 1 saturated heterocycles. The van der Waals surface area contributed by atoms with E-state index in [2.05, 4.69) is 57.5 Å². The molecule has 1 aromatic carbocycles. The van der Waals surface area contributed by atoms with Crippen molar-refractivity contribution >= 4 is 15.9 Å². The predicted octanol–water partition coefficient (Wildman–Crippen LogP) is 2.30. The van der Waals surface area contributed by atoms with Crippen LogP contribution >= 0.6 is 15.9 Å². The second-order valence-corrected chi connectivity index (χ2v) is 6.11. The average molecular weight is 327 g/mol. The number of nitrogens with one attached hydrogen (secondary N) is 1. The fourth-order valence-corrected chi connectivity index (χ4v) is 2.53. The van der Waals surface area contributed by atoms with Crippen LogP contribution in [0, 0.1) is 0 Å². The molecule has 0 saturated carbocycles. The zero-order chi connectivity index (χ0) is 13.5. The Bertz CT molecular complexity index is 363. The van der Waals surface area contributed by atoms with E-state index < -0.39 is 0 Å². The van der Waals surface area contributed by atoms with Crippen LogP contribution in [0.15, 0.2) is 28.7 Å². The fraction of sp³-hybridized carbons (Fsp3) is 0.600. The summed E-state index contributed by atoms with van der Waals surface area (Å²) in [5, 5.41) is 3.50. The lowest BCUT2D eigenvalue weighted by atomic mass is 10.1. The van der Waals surface area contributed by atoms with Gasteiger partial charge < -0.3 is 15.0 Å². The van der Waals surface area contributed by atoms with Gasteiger partial charge in [-0.2, -0.15) is 0 Å². The third-order valence-corrected chi connectivity index (χ3v) is 4.08. The number of ether oxygens (including phenoxy) is 1. The fourth-order valence-electron chi connectivity index (χ4n) is 2.26. The molecule has 1 aliphatic heterocycles. The van der Waals surface area contributed by atoms with Crippen LogP contribution in [0.1, 0.15) is 12.0 Å². The Hall–Kier alpha value is -0.420. The summed E-state index contributed by atoms with van der Waals surface area (Å²) >= 11 is 3.47. The maximum atomic E-state index is 5.47. The van der Waals surface area contributed by atoms with Gasteiger partial charge in [-0.05, 0) is 44.1 Å². The van der Waals surface area contributed by atoms with E-state index in [1.54, 1.807) is 0 Å². The maximum absolute atomic E-state index is 5.47. The van der Waals surface area contributed by atoms with E-state index in [-0.39, 0.29) is 0 Å². The van der Waals surface area contributed by atoms with Gasteiger partial charge in [0.25, 0.3) is 0 Å². The largest absolute Gasteiger partial charge is 0.379 e. The first kappa shape index (κ1) is 15.0. The van der Waals surface area contributed by atoms with Gasteiger partial charge >= 0.3 is 0 Å². The maximum Gasteiger partial charge on any atom is 0.0620 e. The number of rotatable bonds is 6. The van der Waals surface area contributed by atoms with Gasteiger partial charge in [-0.3, -0.25) is 0 Å². The minimum atomic E-state index is 0.531. The van der Waals surface area contributed by atoms with Crippen LogP contribution in [0.5, 0.6) is 0 Å². The zero-order valence-corrected chi connectivity index (χ0v) is 13.2. The van der Waals surface area contributed by atoms with E-state index in [0.29, 0.717) is 6.04 Å². The van der Waals surface area contributed by atoms with Gasteiger partial charge in [0.15, 0.2) is 0 Å². The third kappa shape index (κ3) is 5.61. The summed E-state index contributed by atoms with van der Waals surface area (Å²) in [4.78, 5) is 2.40. The molecule has 1 N–H and O–H groups in total. The number of benzene rings is 1. The molecule has 1 aromatic rings. The quantitative estimate of drug-likeness (QED) is 0.868. The highest BCUT2D eigenvalue weighted by molar-refractivity contribution is 9.10. The number of morpholine rings is 1. The van der Waals surface area contributed by atoms with Gasteiger partial charge in [-0.15, -0.1) is 0 Å². The second kappa shape index (κ2) is 8.00. The van der Waals surface area contributed by atoms with E-state index in [1.165, 1.54) is 5.56 Å². The van der Waals surface area contributed by atoms with Gasteiger partial charge in [0.2, 0.25) is 0 Å². The minimum Gasteiger partial charge on any atom is -0.379 e. The molecule has 106 valence electrons. The van der Waals surface area contributed by atoms with Crippen molar-refractivity contribution in [1.82, 2.24) is 10.2 Å². The van der Waals surface area contributed by atoms with Crippen molar-refractivity contribution in [1.29, 1.82) is 0 Å². The summed E-state index contributed by atoms with van der Waals surface area (Å²) in [6.07, 6.45) is 2.27. The van der Waals surface area contributed by atoms with Gasteiger partial charge in [0, 0.05) is 23.6 Å². The van der Waals surface area contributed by atoms with Crippen molar-refractivity contribution in [2.45, 2.75) is 18.9 Å². The van der Waals surface area contributed by atoms with Gasteiger partial charge in [-0.1, -0.05) is 28.1 Å². The third-order valence-electron chi connectivity index (χ3n) is 3.55. The molecule has 3 nitrogen and oxygen atoms in total. The van der Waals surface area contributed by atoms with Crippen LogP contribution in [0.3, 0.4) is 0 Å². The molecule has 0 spiro atoms. The van der Waals surface area contributed by atoms with E-state index in [0.717, 1.165) is 50.2 Å². The number of nitrogens with zero attached hydrogens (tertiary/aromatic N) is 1. The number of hydrogen-bond acceptors (Lipinski definition) is 3. The molecule has 0 radical (unpaired) electrons. The highest BCUT2D eigenvalue weighted by Gasteiger charge is 2.13. The van der Waals surface area contributed by atoms with Crippen LogP contribution in [0.2, 0.25) is 0 Å². The summed E-state index contributed by atoms with van der Waals surface area (Å²) in [5.41, 5.74) is 1.40. The smallest absolute Gasteiger partial charge is 0.0620 e. The monoisotopic (exact) mass is 326 g/mol. The molecular weight excluding hydrogens is 304 g/mol. The van der Waals surface area contributed by atoms with Crippen LogP contribution in [0.4, 0.5) is 0 Å². The Morgan fingerprint density at radius 1 is 1.32 bits per heavy atom. The Kier molecular flexibility index (Phi) is 6.31. The standard InChI is InChI=1S/C15H23BrN2O/c1-18(10-7-15-12-19-11-8-17-15)9-6-13-2-4-14(16)5-3-13/h2-5,15,17H,6-12H2,1H3. The van der Waals surface area contributed by atoms with Crippen LogP contribution in [-0.2, 0) is 11.2 Å². The van der Waals surface area contributed by atoms with Crippen LogP contribution < -0.4 is 5.32 Å². The lowest BCUT2D eigenvalue weighted by Crippen LogP contribution is -2.43. The van der Waals surface area contributed by atoms with Crippen molar-refractivity contribution in [2.75, 3.05) is 39.9 Å². The molecule has 4 heteroatoms. The molecule has 1 atom stereocenters. The summed E-state index contributed by atoms with van der Waals surface area (Å²) in [6, 6.07) is 9.13. The second-order valence-electron chi connectivity index (χ2n) is 5.19. The van der Waals surface area contributed by atoms with E-state index in [1.807, 2.05) is 0 Å². The summed E-state index contributed by atoms with van der Waals surface area (Å²) < 4.78 is 6.62. The average Bonchev–Trinajstić information content (AvgIpc) is 2.45. The number of halogens is 1. The van der Waals surface area contributed by atoms with Crippen molar-refractivity contribution in [3.05, 3.63) is 34.3 Å². The molecule has 2 rings (SSSR count). The van der Waals surface area contributed by atoms with Crippen molar-refractivity contribution < 1.29 is 4.74 Å². The Morgan fingerprint density at radius 3 is 2.79 bits per heavy atom. The molecule has 1 unspecified atom stereocenters. The zero-order valence-electron chi connectivity index (χ0n) is 11.6. The lowest BCUT2D eigenvalue weighted by molar-refractivity contribution is 0.0711. The van der Waals surface area contributed by atoms with Crippen LogP contribution in [0.25, 0.3) is 0 Å². The molecule has 0 aromatic heterocycles.